The highest BCUT2D eigenvalue weighted by Gasteiger charge is 2.13. The third-order valence-corrected chi connectivity index (χ3v) is 5.12. The van der Waals surface area contributed by atoms with Gasteiger partial charge in [0.05, 0.1) is 5.75 Å². The Balaban J connectivity index is 1.56. The van der Waals surface area contributed by atoms with E-state index in [0.717, 1.165) is 17.0 Å². The summed E-state index contributed by atoms with van der Waals surface area (Å²) in [6.07, 6.45) is 0. The van der Waals surface area contributed by atoms with Crippen LogP contribution in [0, 0.1) is 6.92 Å². The van der Waals surface area contributed by atoms with Crippen LogP contribution < -0.4 is 5.32 Å². The molecule has 2 aromatic carbocycles. The molecule has 0 unspecified atom stereocenters. The average molecular weight is 387 g/mol. The molecule has 1 aromatic heterocycles. The van der Waals surface area contributed by atoms with Crippen molar-refractivity contribution in [3.05, 3.63) is 64.7 Å². The lowest BCUT2D eigenvalue weighted by atomic mass is 10.1. The maximum absolute atomic E-state index is 12.1. The van der Waals surface area contributed by atoms with Gasteiger partial charge in [0.2, 0.25) is 5.91 Å². The number of carbonyl (C=O) groups is 1. The fraction of sp³-hybridized carbons (Fsp3) is 0.211. The van der Waals surface area contributed by atoms with Crippen LogP contribution in [0.15, 0.2) is 53.7 Å². The number of hydrogen-bond donors (Lipinski definition) is 1. The van der Waals surface area contributed by atoms with Crippen molar-refractivity contribution >= 4 is 29.3 Å². The molecule has 7 heteroatoms. The molecule has 1 amide bonds. The van der Waals surface area contributed by atoms with Gasteiger partial charge in [0.25, 0.3) is 0 Å². The van der Waals surface area contributed by atoms with Gasteiger partial charge in [0, 0.05) is 24.2 Å². The largest absolute Gasteiger partial charge is 0.351 e. The van der Waals surface area contributed by atoms with Crippen molar-refractivity contribution in [3.63, 3.8) is 0 Å². The third-order valence-electron chi connectivity index (χ3n) is 3.85. The lowest BCUT2D eigenvalue weighted by molar-refractivity contribution is -0.118. The van der Waals surface area contributed by atoms with Crippen LogP contribution in [0.1, 0.15) is 11.1 Å². The zero-order chi connectivity index (χ0) is 18.5. The van der Waals surface area contributed by atoms with Crippen LogP contribution in [0.25, 0.3) is 11.4 Å². The number of nitrogens with zero attached hydrogens (tertiary/aromatic N) is 3. The molecule has 1 heterocycles. The summed E-state index contributed by atoms with van der Waals surface area (Å²) in [5.41, 5.74) is 3.19. The average Bonchev–Trinajstić information content (AvgIpc) is 3.00. The van der Waals surface area contributed by atoms with E-state index in [-0.39, 0.29) is 11.7 Å². The standard InChI is InChI=1S/C19H19ClN4OS/c1-13-4-3-5-15(10-13)18-22-23-19(24(18)2)26-12-17(25)21-11-14-6-8-16(20)9-7-14/h3-10H,11-12H2,1-2H3,(H,21,25). The highest BCUT2D eigenvalue weighted by atomic mass is 35.5. The van der Waals surface area contributed by atoms with Crippen molar-refractivity contribution in [2.75, 3.05) is 5.75 Å². The van der Waals surface area contributed by atoms with Gasteiger partial charge in [-0.05, 0) is 30.7 Å². The fourth-order valence-electron chi connectivity index (χ4n) is 2.46. The third kappa shape index (κ3) is 4.65. The van der Waals surface area contributed by atoms with Crippen molar-refractivity contribution < 1.29 is 4.79 Å². The van der Waals surface area contributed by atoms with Crippen molar-refractivity contribution in [2.45, 2.75) is 18.6 Å². The molecule has 0 spiro atoms. The number of thioether (sulfide) groups is 1. The van der Waals surface area contributed by atoms with E-state index in [1.807, 2.05) is 61.0 Å². The minimum atomic E-state index is -0.0509. The Morgan fingerprint density at radius 1 is 1.19 bits per heavy atom. The van der Waals surface area contributed by atoms with Crippen LogP contribution in [0.4, 0.5) is 0 Å². The molecular weight excluding hydrogens is 368 g/mol. The topological polar surface area (TPSA) is 59.8 Å². The molecule has 26 heavy (non-hydrogen) atoms. The Bertz CT molecular complexity index is 908. The number of aromatic nitrogens is 3. The molecule has 0 aliphatic heterocycles. The molecule has 0 bridgehead atoms. The highest BCUT2D eigenvalue weighted by Crippen LogP contribution is 2.23. The monoisotopic (exact) mass is 386 g/mol. The summed E-state index contributed by atoms with van der Waals surface area (Å²) in [5.74, 6) is 1.02. The number of carbonyl (C=O) groups excluding carboxylic acids is 1. The first-order valence-corrected chi connectivity index (χ1v) is 9.49. The summed E-state index contributed by atoms with van der Waals surface area (Å²) in [5, 5.41) is 12.7. The lowest BCUT2D eigenvalue weighted by Gasteiger charge is -2.06. The first kappa shape index (κ1) is 18.5. The second-order valence-corrected chi connectivity index (χ2v) is 7.31. The number of benzene rings is 2. The molecule has 0 aliphatic rings. The van der Waals surface area contributed by atoms with E-state index in [1.54, 1.807) is 0 Å². The van der Waals surface area contributed by atoms with Gasteiger partial charge in [-0.25, -0.2) is 0 Å². The smallest absolute Gasteiger partial charge is 0.230 e. The minimum absolute atomic E-state index is 0.0509. The van der Waals surface area contributed by atoms with Crippen LogP contribution in [0.5, 0.6) is 0 Å². The normalized spacial score (nSPS) is 10.7. The van der Waals surface area contributed by atoms with Gasteiger partial charge in [-0.2, -0.15) is 0 Å². The molecule has 0 fully saturated rings. The Hall–Kier alpha value is -2.31. The number of halogens is 1. The minimum Gasteiger partial charge on any atom is -0.351 e. The van der Waals surface area contributed by atoms with E-state index < -0.39 is 0 Å². The molecule has 3 aromatic rings. The van der Waals surface area contributed by atoms with Gasteiger partial charge in [-0.1, -0.05) is 59.3 Å². The maximum atomic E-state index is 12.1. The summed E-state index contributed by atoms with van der Waals surface area (Å²) < 4.78 is 1.91. The first-order chi connectivity index (χ1) is 12.5. The molecule has 0 atom stereocenters. The van der Waals surface area contributed by atoms with Crippen LogP contribution in [-0.4, -0.2) is 26.4 Å². The van der Waals surface area contributed by atoms with Gasteiger partial charge in [-0.3, -0.25) is 4.79 Å². The number of hydrogen-bond acceptors (Lipinski definition) is 4. The number of nitrogens with one attached hydrogen (secondary N) is 1. The SMILES string of the molecule is Cc1cccc(-c2nnc(SCC(=O)NCc3ccc(Cl)cc3)n2C)c1. The van der Waals surface area contributed by atoms with Crippen molar-refractivity contribution in [1.29, 1.82) is 0 Å². The van der Waals surface area contributed by atoms with Crippen LogP contribution >= 0.6 is 23.4 Å². The van der Waals surface area contributed by atoms with E-state index in [4.69, 9.17) is 11.6 Å². The van der Waals surface area contributed by atoms with E-state index in [2.05, 4.69) is 21.6 Å². The molecule has 3 rings (SSSR count). The molecule has 0 aliphatic carbocycles. The zero-order valence-electron chi connectivity index (χ0n) is 14.6. The molecule has 1 N–H and O–H groups in total. The number of aryl methyl sites for hydroxylation is 1. The summed E-state index contributed by atoms with van der Waals surface area (Å²) in [6.45, 7) is 2.52. The summed E-state index contributed by atoms with van der Waals surface area (Å²) >= 11 is 7.22. The first-order valence-electron chi connectivity index (χ1n) is 8.13. The molecule has 134 valence electrons. The van der Waals surface area contributed by atoms with E-state index in [9.17, 15) is 4.79 Å². The Kier molecular flexibility index (Phi) is 5.96. The summed E-state index contributed by atoms with van der Waals surface area (Å²) in [6, 6.07) is 15.5. The number of rotatable bonds is 6. The lowest BCUT2D eigenvalue weighted by Crippen LogP contribution is -2.24. The van der Waals surface area contributed by atoms with E-state index >= 15 is 0 Å². The molecule has 0 saturated carbocycles. The second kappa shape index (κ2) is 8.38. The predicted molar refractivity (Wildman–Crippen MR) is 105 cm³/mol. The fourth-order valence-corrected chi connectivity index (χ4v) is 3.33. The highest BCUT2D eigenvalue weighted by molar-refractivity contribution is 7.99. The zero-order valence-corrected chi connectivity index (χ0v) is 16.1. The van der Waals surface area contributed by atoms with Gasteiger partial charge < -0.3 is 9.88 Å². The quantitative estimate of drug-likeness (QED) is 0.653. The predicted octanol–water partition coefficient (Wildman–Crippen LogP) is 3.85. The second-order valence-electron chi connectivity index (χ2n) is 5.93. The molecule has 0 saturated heterocycles. The molecule has 0 radical (unpaired) electrons. The van der Waals surface area contributed by atoms with Gasteiger partial charge in [0.15, 0.2) is 11.0 Å². The van der Waals surface area contributed by atoms with Crippen LogP contribution in [0.2, 0.25) is 5.02 Å². The molecule has 5 nitrogen and oxygen atoms in total. The van der Waals surface area contributed by atoms with Crippen molar-refractivity contribution in [1.82, 2.24) is 20.1 Å². The van der Waals surface area contributed by atoms with E-state index in [0.29, 0.717) is 16.7 Å². The van der Waals surface area contributed by atoms with Crippen molar-refractivity contribution in [3.8, 4) is 11.4 Å². The Morgan fingerprint density at radius 3 is 2.69 bits per heavy atom. The van der Waals surface area contributed by atoms with Gasteiger partial charge in [0.1, 0.15) is 0 Å². The van der Waals surface area contributed by atoms with Crippen LogP contribution in [-0.2, 0) is 18.4 Å². The van der Waals surface area contributed by atoms with Crippen LogP contribution in [0.3, 0.4) is 0 Å². The summed E-state index contributed by atoms with van der Waals surface area (Å²) in [4.78, 5) is 12.1. The van der Waals surface area contributed by atoms with Gasteiger partial charge in [-0.15, -0.1) is 10.2 Å². The summed E-state index contributed by atoms with van der Waals surface area (Å²) in [7, 11) is 1.91. The van der Waals surface area contributed by atoms with Crippen molar-refractivity contribution in [2.24, 2.45) is 7.05 Å². The van der Waals surface area contributed by atoms with Gasteiger partial charge >= 0.3 is 0 Å². The van der Waals surface area contributed by atoms with E-state index in [1.165, 1.54) is 17.3 Å². The Labute approximate surface area is 161 Å². The number of amides is 1. The molecular formula is C19H19ClN4OS. The Morgan fingerprint density at radius 2 is 1.96 bits per heavy atom. The maximum Gasteiger partial charge on any atom is 0.230 e.